The summed E-state index contributed by atoms with van der Waals surface area (Å²) in [7, 11) is 0. The summed E-state index contributed by atoms with van der Waals surface area (Å²) in [5.41, 5.74) is 2.75. The molecular formula is C20H29NO2. The minimum atomic E-state index is 0.000445. The molecule has 0 saturated heterocycles. The number of fused-ring (bicyclic) bond motifs is 2. The first kappa shape index (κ1) is 16.4. The van der Waals surface area contributed by atoms with Gasteiger partial charge in [0.05, 0.1) is 0 Å². The third kappa shape index (κ3) is 2.64. The SMILES string of the molecule is Cc1ccc(C)c(OCC(=O)N[C@H]2C[C@H]3CC[C@]2(C)C3(C)C)c1. The summed E-state index contributed by atoms with van der Waals surface area (Å²) in [6.45, 7) is 11.2. The highest BCUT2D eigenvalue weighted by atomic mass is 16.5. The van der Waals surface area contributed by atoms with Crippen molar-refractivity contribution in [2.45, 2.75) is 59.9 Å². The van der Waals surface area contributed by atoms with Crippen LogP contribution in [0.15, 0.2) is 18.2 Å². The first-order valence-corrected chi connectivity index (χ1v) is 8.73. The Bertz CT molecular complexity index is 622. The lowest BCUT2D eigenvalue weighted by Crippen LogP contribution is -2.48. The van der Waals surface area contributed by atoms with Crippen LogP contribution in [-0.4, -0.2) is 18.6 Å². The number of carbonyl (C=O) groups is 1. The maximum atomic E-state index is 12.4. The topological polar surface area (TPSA) is 38.3 Å². The van der Waals surface area contributed by atoms with Crippen molar-refractivity contribution in [2.24, 2.45) is 16.7 Å². The highest BCUT2D eigenvalue weighted by Gasteiger charge is 2.61. The van der Waals surface area contributed by atoms with Crippen LogP contribution >= 0.6 is 0 Å². The maximum Gasteiger partial charge on any atom is 0.258 e. The summed E-state index contributed by atoms with van der Waals surface area (Å²) in [5.74, 6) is 1.54. The van der Waals surface area contributed by atoms with Gasteiger partial charge in [-0.1, -0.05) is 32.9 Å². The fourth-order valence-electron chi connectivity index (χ4n) is 4.66. The van der Waals surface area contributed by atoms with Crippen LogP contribution in [-0.2, 0) is 4.79 Å². The van der Waals surface area contributed by atoms with Crippen molar-refractivity contribution in [3.8, 4) is 5.75 Å². The molecule has 0 aliphatic heterocycles. The fraction of sp³-hybridized carbons (Fsp3) is 0.650. The molecule has 23 heavy (non-hydrogen) atoms. The normalized spacial score (nSPS) is 31.2. The molecule has 2 aliphatic carbocycles. The number of hydrogen-bond donors (Lipinski definition) is 1. The summed E-state index contributed by atoms with van der Waals surface area (Å²) in [4.78, 5) is 12.4. The number of carbonyl (C=O) groups excluding carboxylic acids is 1. The highest BCUT2D eigenvalue weighted by molar-refractivity contribution is 5.78. The average Bonchev–Trinajstić information content (AvgIpc) is 2.81. The van der Waals surface area contributed by atoms with Gasteiger partial charge in [0.25, 0.3) is 5.91 Å². The second kappa shape index (κ2) is 5.54. The zero-order chi connectivity index (χ0) is 16.8. The molecule has 126 valence electrons. The smallest absolute Gasteiger partial charge is 0.258 e. The van der Waals surface area contributed by atoms with E-state index < -0.39 is 0 Å². The van der Waals surface area contributed by atoms with E-state index >= 15 is 0 Å². The molecule has 3 atom stereocenters. The van der Waals surface area contributed by atoms with Crippen molar-refractivity contribution in [1.82, 2.24) is 5.32 Å². The third-order valence-electron chi connectivity index (χ3n) is 6.83. The van der Waals surface area contributed by atoms with Crippen LogP contribution in [0.5, 0.6) is 5.75 Å². The minimum Gasteiger partial charge on any atom is -0.483 e. The molecule has 0 unspecified atom stereocenters. The quantitative estimate of drug-likeness (QED) is 0.911. The second-order valence-corrected chi connectivity index (χ2v) is 8.29. The van der Waals surface area contributed by atoms with Crippen LogP contribution in [0.3, 0.4) is 0 Å². The van der Waals surface area contributed by atoms with Gasteiger partial charge in [0.15, 0.2) is 6.61 Å². The van der Waals surface area contributed by atoms with E-state index in [-0.39, 0.29) is 24.0 Å². The van der Waals surface area contributed by atoms with Crippen LogP contribution in [0, 0.1) is 30.6 Å². The van der Waals surface area contributed by atoms with Gasteiger partial charge >= 0.3 is 0 Å². The van der Waals surface area contributed by atoms with Gasteiger partial charge in [-0.15, -0.1) is 0 Å². The Morgan fingerprint density at radius 2 is 2.04 bits per heavy atom. The van der Waals surface area contributed by atoms with Gasteiger partial charge in [-0.05, 0) is 67.1 Å². The van der Waals surface area contributed by atoms with E-state index in [9.17, 15) is 4.79 Å². The molecule has 2 bridgehead atoms. The van der Waals surface area contributed by atoms with Crippen LogP contribution in [0.2, 0.25) is 0 Å². The van der Waals surface area contributed by atoms with Crippen molar-refractivity contribution in [3.05, 3.63) is 29.3 Å². The zero-order valence-electron chi connectivity index (χ0n) is 15.0. The van der Waals surface area contributed by atoms with E-state index in [0.717, 1.165) is 29.2 Å². The molecule has 2 fully saturated rings. The number of rotatable bonds is 4. The predicted molar refractivity (Wildman–Crippen MR) is 92.6 cm³/mol. The molecule has 1 aromatic carbocycles. The summed E-state index contributed by atoms with van der Waals surface area (Å²) in [6.07, 6.45) is 3.63. The summed E-state index contributed by atoms with van der Waals surface area (Å²) >= 11 is 0. The molecule has 0 spiro atoms. The number of ether oxygens (including phenoxy) is 1. The Labute approximate surface area is 139 Å². The number of amides is 1. The van der Waals surface area contributed by atoms with E-state index in [1.54, 1.807) is 0 Å². The van der Waals surface area contributed by atoms with Crippen LogP contribution in [0.4, 0.5) is 0 Å². The Balaban J connectivity index is 1.60. The number of nitrogens with one attached hydrogen (secondary N) is 1. The van der Waals surface area contributed by atoms with Crippen molar-refractivity contribution in [1.29, 1.82) is 0 Å². The second-order valence-electron chi connectivity index (χ2n) is 8.29. The molecule has 2 aliphatic rings. The molecule has 1 amide bonds. The Kier molecular flexibility index (Phi) is 3.94. The summed E-state index contributed by atoms with van der Waals surface area (Å²) in [5, 5.41) is 3.25. The highest BCUT2D eigenvalue weighted by Crippen LogP contribution is 2.65. The predicted octanol–water partition coefficient (Wildman–Crippen LogP) is 4.01. The Morgan fingerprint density at radius 3 is 2.65 bits per heavy atom. The maximum absolute atomic E-state index is 12.4. The van der Waals surface area contributed by atoms with E-state index in [4.69, 9.17) is 4.74 Å². The van der Waals surface area contributed by atoms with Crippen molar-refractivity contribution in [2.75, 3.05) is 6.61 Å². The lowest BCUT2D eigenvalue weighted by molar-refractivity contribution is -0.124. The molecular weight excluding hydrogens is 286 g/mol. The lowest BCUT2D eigenvalue weighted by atomic mass is 9.69. The third-order valence-corrected chi connectivity index (χ3v) is 6.83. The van der Waals surface area contributed by atoms with E-state index in [1.165, 1.54) is 12.8 Å². The number of aryl methyl sites for hydroxylation is 2. The lowest BCUT2D eigenvalue weighted by Gasteiger charge is -2.39. The van der Waals surface area contributed by atoms with Crippen LogP contribution in [0.1, 0.15) is 51.2 Å². The van der Waals surface area contributed by atoms with Gasteiger partial charge in [-0.3, -0.25) is 4.79 Å². The zero-order valence-corrected chi connectivity index (χ0v) is 15.0. The summed E-state index contributed by atoms with van der Waals surface area (Å²) < 4.78 is 5.74. The van der Waals surface area contributed by atoms with Gasteiger partial charge < -0.3 is 10.1 Å². The Morgan fingerprint density at radius 1 is 1.30 bits per heavy atom. The van der Waals surface area contributed by atoms with Crippen LogP contribution in [0.25, 0.3) is 0 Å². The van der Waals surface area contributed by atoms with Crippen molar-refractivity contribution in [3.63, 3.8) is 0 Å². The van der Waals surface area contributed by atoms with Gasteiger partial charge in [-0.25, -0.2) is 0 Å². The van der Waals surface area contributed by atoms with Crippen molar-refractivity contribution < 1.29 is 9.53 Å². The fourth-order valence-corrected chi connectivity index (χ4v) is 4.66. The molecule has 0 heterocycles. The monoisotopic (exact) mass is 315 g/mol. The summed E-state index contributed by atoms with van der Waals surface area (Å²) in [6, 6.07) is 6.36. The average molecular weight is 315 g/mol. The largest absolute Gasteiger partial charge is 0.483 e. The van der Waals surface area contributed by atoms with E-state index in [2.05, 4.69) is 32.2 Å². The van der Waals surface area contributed by atoms with Gasteiger partial charge in [0.1, 0.15) is 5.75 Å². The minimum absolute atomic E-state index is 0.000445. The van der Waals surface area contributed by atoms with Gasteiger partial charge in [0, 0.05) is 6.04 Å². The molecule has 1 aromatic rings. The van der Waals surface area contributed by atoms with Crippen molar-refractivity contribution >= 4 is 5.91 Å². The molecule has 0 radical (unpaired) electrons. The van der Waals surface area contributed by atoms with E-state index in [0.29, 0.717) is 5.41 Å². The first-order chi connectivity index (χ1) is 10.7. The molecule has 0 aromatic heterocycles. The first-order valence-electron chi connectivity index (χ1n) is 8.73. The van der Waals surface area contributed by atoms with Gasteiger partial charge in [0.2, 0.25) is 0 Å². The number of benzene rings is 1. The molecule has 3 heteroatoms. The van der Waals surface area contributed by atoms with Crippen LogP contribution < -0.4 is 10.1 Å². The Hall–Kier alpha value is -1.51. The molecule has 3 nitrogen and oxygen atoms in total. The van der Waals surface area contributed by atoms with Gasteiger partial charge in [-0.2, -0.15) is 0 Å². The number of hydrogen-bond acceptors (Lipinski definition) is 2. The van der Waals surface area contributed by atoms with E-state index in [1.807, 2.05) is 26.0 Å². The molecule has 1 N–H and O–H groups in total. The standard InChI is InChI=1S/C20H29NO2/c1-13-6-7-14(2)16(10-13)23-12-18(22)21-17-11-15-8-9-20(17,5)19(15,3)4/h6-7,10,15,17H,8-9,11-12H2,1-5H3,(H,21,22)/t15-,17+,20+/m1/s1. The molecule has 3 rings (SSSR count). The molecule has 2 saturated carbocycles.